The van der Waals surface area contributed by atoms with Crippen molar-refractivity contribution in [2.24, 2.45) is 0 Å². The summed E-state index contributed by atoms with van der Waals surface area (Å²) in [5, 5.41) is 31.6. The monoisotopic (exact) mass is 1160 g/mol. The van der Waals surface area contributed by atoms with E-state index in [1.165, 1.54) is 83.5 Å². The van der Waals surface area contributed by atoms with Crippen molar-refractivity contribution in [1.82, 2.24) is 0 Å². The molecule has 12 nitrogen and oxygen atoms in total. The van der Waals surface area contributed by atoms with Gasteiger partial charge in [-0.2, -0.15) is 0 Å². The topological polar surface area (TPSA) is 175 Å². The lowest BCUT2D eigenvalue weighted by Gasteiger charge is -2.40. The number of esters is 3. The molecule has 0 bridgehead atoms. The van der Waals surface area contributed by atoms with Crippen molar-refractivity contribution in [3.63, 3.8) is 0 Å². The second-order valence-corrected chi connectivity index (χ2v) is 22.3. The first-order valence-corrected chi connectivity index (χ1v) is 33.2. The Balaban J connectivity index is 2.67. The van der Waals surface area contributed by atoms with E-state index in [0.29, 0.717) is 19.3 Å². The largest absolute Gasteiger partial charge is 0.479 e. The molecule has 0 aromatic carbocycles. The second kappa shape index (κ2) is 58.0. The molecule has 0 amide bonds. The molecule has 12 heteroatoms. The molecule has 1 aliphatic rings. The van der Waals surface area contributed by atoms with Crippen molar-refractivity contribution in [3.05, 3.63) is 97.2 Å². The summed E-state index contributed by atoms with van der Waals surface area (Å²) < 4.78 is 28.5. The highest BCUT2D eigenvalue weighted by Gasteiger charge is 2.50. The zero-order chi connectivity index (χ0) is 60.3. The SMILES string of the molecule is CC/C=C\C/C=C\C/C=C\C/C=C\CCCCCCC(=O)OC(COC(=O)CCCCCCCCCCC/C=C\CCCCCCCC)COC1OC(C(=O)O)C(O)C(O)C1OC(=O)CCCCCCCCC/C=C\C/C=C\C/C=C\CC. The molecule has 0 aliphatic carbocycles. The van der Waals surface area contributed by atoms with Gasteiger partial charge in [0.05, 0.1) is 6.61 Å². The highest BCUT2D eigenvalue weighted by Crippen LogP contribution is 2.27. The van der Waals surface area contributed by atoms with Crippen molar-refractivity contribution in [2.45, 2.75) is 314 Å². The molecule has 1 rings (SSSR count). The van der Waals surface area contributed by atoms with Crippen molar-refractivity contribution >= 4 is 23.9 Å². The van der Waals surface area contributed by atoms with Gasteiger partial charge in [0.25, 0.3) is 0 Å². The number of carboxylic acids is 1. The second-order valence-electron chi connectivity index (χ2n) is 22.3. The fraction of sp³-hybridized carbons (Fsp3) is 0.718. The lowest BCUT2D eigenvalue weighted by Crippen LogP contribution is -2.61. The number of carbonyl (C=O) groups is 4. The number of hydrogen-bond acceptors (Lipinski definition) is 11. The fourth-order valence-electron chi connectivity index (χ4n) is 9.60. The van der Waals surface area contributed by atoms with Crippen LogP contribution in [0.2, 0.25) is 0 Å². The molecular formula is C71H118O12. The molecule has 3 N–H and O–H groups in total. The molecule has 83 heavy (non-hydrogen) atoms. The molecular weight excluding hydrogens is 1040 g/mol. The molecule has 0 spiro atoms. The van der Waals surface area contributed by atoms with E-state index in [-0.39, 0.29) is 25.9 Å². The van der Waals surface area contributed by atoms with Gasteiger partial charge in [-0.15, -0.1) is 0 Å². The highest BCUT2D eigenvalue weighted by molar-refractivity contribution is 5.74. The Hall–Kier alpha value is -4.36. The van der Waals surface area contributed by atoms with E-state index < -0.39 is 67.3 Å². The first-order chi connectivity index (χ1) is 40.6. The minimum Gasteiger partial charge on any atom is -0.479 e. The van der Waals surface area contributed by atoms with Crippen molar-refractivity contribution in [2.75, 3.05) is 13.2 Å². The van der Waals surface area contributed by atoms with E-state index >= 15 is 0 Å². The van der Waals surface area contributed by atoms with Gasteiger partial charge in [-0.25, -0.2) is 4.79 Å². The van der Waals surface area contributed by atoms with E-state index in [2.05, 4.69) is 118 Å². The number of ether oxygens (including phenoxy) is 5. The van der Waals surface area contributed by atoms with Crippen LogP contribution >= 0.6 is 0 Å². The highest BCUT2D eigenvalue weighted by atomic mass is 16.7. The predicted octanol–water partition coefficient (Wildman–Crippen LogP) is 18.0. The van der Waals surface area contributed by atoms with Crippen LogP contribution in [-0.4, -0.2) is 89.2 Å². The Morgan fingerprint density at radius 3 is 1.17 bits per heavy atom. The van der Waals surface area contributed by atoms with Gasteiger partial charge in [0.2, 0.25) is 0 Å². The smallest absolute Gasteiger partial charge is 0.335 e. The number of aliphatic hydroxyl groups is 2. The van der Waals surface area contributed by atoms with Crippen molar-refractivity contribution in [3.8, 4) is 0 Å². The maximum absolute atomic E-state index is 13.2. The quantitative estimate of drug-likeness (QED) is 0.0228. The van der Waals surface area contributed by atoms with Crippen LogP contribution in [0.5, 0.6) is 0 Å². The van der Waals surface area contributed by atoms with Crippen LogP contribution in [0.3, 0.4) is 0 Å². The summed E-state index contributed by atoms with van der Waals surface area (Å²) >= 11 is 0. The maximum atomic E-state index is 13.2. The van der Waals surface area contributed by atoms with Crippen LogP contribution < -0.4 is 0 Å². The van der Waals surface area contributed by atoms with Crippen LogP contribution in [-0.2, 0) is 42.9 Å². The summed E-state index contributed by atoms with van der Waals surface area (Å²) in [7, 11) is 0. The molecule has 0 saturated carbocycles. The Morgan fingerprint density at radius 2 is 0.759 bits per heavy atom. The fourth-order valence-corrected chi connectivity index (χ4v) is 9.60. The van der Waals surface area contributed by atoms with E-state index in [0.717, 1.165) is 135 Å². The summed E-state index contributed by atoms with van der Waals surface area (Å²) in [6, 6.07) is 0. The van der Waals surface area contributed by atoms with Gasteiger partial charge >= 0.3 is 23.9 Å². The first kappa shape index (κ1) is 76.7. The lowest BCUT2D eigenvalue weighted by molar-refractivity contribution is -0.301. The number of allylic oxidation sites excluding steroid dienone is 16. The summed E-state index contributed by atoms with van der Waals surface area (Å²) in [5.74, 6) is -3.16. The molecule has 0 aromatic rings. The van der Waals surface area contributed by atoms with Crippen LogP contribution in [0.25, 0.3) is 0 Å². The summed E-state index contributed by atoms with van der Waals surface area (Å²) in [6.07, 6.45) is 65.0. The van der Waals surface area contributed by atoms with Crippen LogP contribution in [0.15, 0.2) is 97.2 Å². The molecule has 1 aliphatic heterocycles. The van der Waals surface area contributed by atoms with Crippen LogP contribution in [0.4, 0.5) is 0 Å². The Labute approximate surface area is 504 Å². The third-order valence-corrected chi connectivity index (χ3v) is 14.6. The van der Waals surface area contributed by atoms with Gasteiger partial charge in [-0.3, -0.25) is 14.4 Å². The van der Waals surface area contributed by atoms with Gasteiger partial charge in [0, 0.05) is 19.3 Å². The Morgan fingerprint density at radius 1 is 0.410 bits per heavy atom. The number of aliphatic carboxylic acids is 1. The van der Waals surface area contributed by atoms with E-state index in [1.807, 2.05) is 0 Å². The van der Waals surface area contributed by atoms with Gasteiger partial charge in [0.15, 0.2) is 24.6 Å². The summed E-state index contributed by atoms with van der Waals surface area (Å²) in [6.45, 7) is 5.77. The molecule has 6 unspecified atom stereocenters. The summed E-state index contributed by atoms with van der Waals surface area (Å²) in [4.78, 5) is 51.4. The number of aliphatic hydroxyl groups excluding tert-OH is 2. The molecule has 0 aromatic heterocycles. The third-order valence-electron chi connectivity index (χ3n) is 14.6. The maximum Gasteiger partial charge on any atom is 0.335 e. The Bertz CT molecular complexity index is 1810. The van der Waals surface area contributed by atoms with E-state index in [9.17, 15) is 34.5 Å². The first-order valence-electron chi connectivity index (χ1n) is 33.2. The molecule has 1 heterocycles. The van der Waals surface area contributed by atoms with Gasteiger partial charge in [-0.1, -0.05) is 240 Å². The van der Waals surface area contributed by atoms with Gasteiger partial charge in [0.1, 0.15) is 18.8 Å². The zero-order valence-electron chi connectivity index (χ0n) is 52.4. The minimum atomic E-state index is -1.92. The van der Waals surface area contributed by atoms with Crippen LogP contribution in [0.1, 0.15) is 278 Å². The predicted molar refractivity (Wildman–Crippen MR) is 340 cm³/mol. The Kier molecular flexibility index (Phi) is 53.6. The lowest BCUT2D eigenvalue weighted by atomic mass is 9.98. The molecule has 474 valence electrons. The third kappa shape index (κ3) is 47.6. The van der Waals surface area contributed by atoms with E-state index in [4.69, 9.17) is 23.7 Å². The average molecular weight is 1160 g/mol. The van der Waals surface area contributed by atoms with Crippen molar-refractivity contribution in [1.29, 1.82) is 0 Å². The number of hydrogen-bond donors (Lipinski definition) is 3. The number of unbranched alkanes of at least 4 members (excludes halogenated alkanes) is 26. The van der Waals surface area contributed by atoms with Gasteiger partial charge < -0.3 is 39.0 Å². The van der Waals surface area contributed by atoms with Crippen molar-refractivity contribution < 1.29 is 58.2 Å². The molecule has 0 radical (unpaired) electrons. The standard InChI is InChI=1S/C71H118O12/c1-4-7-10-13-16-19-22-25-28-31-32-35-36-39-42-45-48-51-54-57-63(72)79-60-62(81-64(73)58-55-52-49-46-43-40-37-33-29-26-23-20-17-14-11-8-5-2)61-80-71-69(67(76)66(75)68(83-71)70(77)78)82-65(74)59-56-53-50-47-44-41-38-34-30-27-24-21-18-15-12-9-6-3/h8-9,11-12,17-18,20-21,25-30,37,40,62,66-69,71,75-76H,4-7,10,13-16,19,22-24,31-36,38-39,41-61H2,1-3H3,(H,77,78)/b11-8-,12-9-,20-17-,21-18-,28-25-,29-26-,30-27-,40-37-. The number of rotatable bonds is 56. The minimum absolute atomic E-state index is 0.0425. The molecule has 1 saturated heterocycles. The van der Waals surface area contributed by atoms with Crippen LogP contribution in [0, 0.1) is 0 Å². The molecule has 1 fully saturated rings. The zero-order valence-corrected chi connectivity index (χ0v) is 52.4. The molecule has 6 atom stereocenters. The number of carboxylic acid groups (broad SMARTS) is 1. The average Bonchev–Trinajstić information content (AvgIpc) is 3.59. The van der Waals surface area contributed by atoms with E-state index in [1.54, 1.807) is 0 Å². The van der Waals surface area contributed by atoms with Gasteiger partial charge in [-0.05, 0) is 116 Å². The summed E-state index contributed by atoms with van der Waals surface area (Å²) in [5.41, 5.74) is 0. The normalized spacial score (nSPS) is 18.2. The number of carbonyl (C=O) groups excluding carboxylic acids is 3.